The van der Waals surface area contributed by atoms with Gasteiger partial charge in [-0.25, -0.2) is 17.6 Å². The van der Waals surface area contributed by atoms with Crippen molar-refractivity contribution in [3.63, 3.8) is 0 Å². The molecule has 1 aliphatic heterocycles. The third kappa shape index (κ3) is 8.53. The molecule has 9 atom stereocenters. The Morgan fingerprint density at radius 2 is 1.79 bits per heavy atom. The Kier molecular flexibility index (Phi) is 13.5. The van der Waals surface area contributed by atoms with E-state index in [2.05, 4.69) is 48.0 Å². The highest BCUT2D eigenvalue weighted by Crippen LogP contribution is 2.61. The molecule has 1 unspecified atom stereocenters. The smallest absolute Gasteiger partial charge is 0.296 e. The maximum absolute atomic E-state index is 15.0. The third-order valence-corrected chi connectivity index (χ3v) is 13.3. The summed E-state index contributed by atoms with van der Waals surface area (Å²) in [5, 5.41) is 31.3. The van der Waals surface area contributed by atoms with Crippen LogP contribution in [-0.4, -0.2) is 103 Å². The van der Waals surface area contributed by atoms with Crippen molar-refractivity contribution in [3.8, 4) is 16.9 Å². The summed E-state index contributed by atoms with van der Waals surface area (Å²) in [4.78, 5) is 51.4. The number of amides is 3. The zero-order valence-electron chi connectivity index (χ0n) is 35.7. The first kappa shape index (κ1) is 46.1. The molecule has 6 N–H and O–H groups in total. The molecule has 3 saturated carbocycles. The summed E-state index contributed by atoms with van der Waals surface area (Å²) >= 11 is 0. The van der Waals surface area contributed by atoms with Crippen molar-refractivity contribution < 1.29 is 56.5 Å². The Morgan fingerprint density at radius 1 is 1.11 bits per heavy atom. The first-order chi connectivity index (χ1) is 29.2. The molecule has 0 spiro atoms. The van der Waals surface area contributed by atoms with Crippen LogP contribution < -0.4 is 26.0 Å². The molecule has 7 rings (SSSR count). The molecule has 2 bridgehead atoms. The molecule has 3 amide bonds. The Balaban J connectivity index is 1.30. The van der Waals surface area contributed by atoms with Crippen LogP contribution >= 0.6 is 0 Å². The average molecular weight is 869 g/mol. The summed E-state index contributed by atoms with van der Waals surface area (Å²) in [5.41, 5.74) is 5.15. The lowest BCUT2D eigenvalue weighted by atomic mass is 9.45. The lowest BCUT2D eigenvalue weighted by molar-refractivity contribution is -0.183. The van der Waals surface area contributed by atoms with E-state index in [9.17, 15) is 42.2 Å². The van der Waals surface area contributed by atoms with Gasteiger partial charge in [0.15, 0.2) is 23.3 Å². The summed E-state index contributed by atoms with van der Waals surface area (Å²) in [7, 11) is 4.89. The van der Waals surface area contributed by atoms with E-state index in [-0.39, 0.29) is 35.4 Å². The number of primary amides is 1. The van der Waals surface area contributed by atoms with E-state index in [1.165, 1.54) is 24.3 Å². The van der Waals surface area contributed by atoms with Crippen LogP contribution in [0.3, 0.4) is 0 Å². The fourth-order valence-electron chi connectivity index (χ4n) is 9.66. The lowest BCUT2D eigenvalue weighted by Gasteiger charge is -2.62. The van der Waals surface area contributed by atoms with Crippen LogP contribution in [-0.2, 0) is 27.4 Å². The van der Waals surface area contributed by atoms with E-state index >= 15 is 0 Å². The molecule has 1 saturated heterocycles. The number of nitrogens with one attached hydrogen (secondary N) is 2. The Hall–Kier alpha value is -5.39. The van der Waals surface area contributed by atoms with Gasteiger partial charge in [-0.1, -0.05) is 39.0 Å². The predicted octanol–water partition coefficient (Wildman–Crippen LogP) is 4.46. The van der Waals surface area contributed by atoms with Gasteiger partial charge in [0.2, 0.25) is 17.5 Å². The minimum atomic E-state index is -1.87. The number of ether oxygens (including phenoxy) is 1. The van der Waals surface area contributed by atoms with E-state index < -0.39 is 89.6 Å². The second-order valence-corrected chi connectivity index (χ2v) is 17.4. The topological polar surface area (TPSA) is 193 Å². The number of nitrogens with zero attached hydrogens (tertiary/aromatic N) is 4. The number of nitrogens with two attached hydrogens (primary N) is 1. The van der Waals surface area contributed by atoms with Gasteiger partial charge in [-0.3, -0.25) is 19.2 Å². The van der Waals surface area contributed by atoms with Gasteiger partial charge in [-0.15, -0.1) is 0 Å². The second kappa shape index (κ2) is 18.1. The molecule has 18 heteroatoms. The van der Waals surface area contributed by atoms with E-state index in [1.807, 2.05) is 0 Å². The fourth-order valence-corrected chi connectivity index (χ4v) is 9.66. The van der Waals surface area contributed by atoms with Crippen LogP contribution in [0.4, 0.5) is 28.9 Å². The molecule has 334 valence electrons. The highest BCUT2D eigenvalue weighted by molar-refractivity contribution is 5.99. The molecule has 1 heterocycles. The quantitative estimate of drug-likeness (QED) is 0.0482. The van der Waals surface area contributed by atoms with Gasteiger partial charge in [-0.2, -0.15) is 5.06 Å². The number of benzene rings is 3. The van der Waals surface area contributed by atoms with Gasteiger partial charge >= 0.3 is 0 Å². The minimum absolute atomic E-state index is 0.0121. The number of halogens is 4. The van der Waals surface area contributed by atoms with E-state index in [4.69, 9.17) is 15.3 Å². The largest absolute Gasteiger partial charge is 0.496 e. The standard InChI is InChI=1S/C44H53F4N7O7/c1-20-29-15-25(44(29,3)4)16-30(20)51-43(60)39-33(21(2)57)32(19-56)62-55(39)18-22-10-9-11-27(40(22)61-8)23-12-24(14-26(13-23)54(6)7)42(59)52-31(41(49)58)17-28-34(45)36(47)38(53-50-5)37(48)35(28)46/h9-14,20-21,25,29-33,39,56-57H,5,15-19H2,1-4,6-8H3,(H3-,49,51,52,58,59,60)/p+1/t20-,21-,25+,29-,30-,31-,32-,33+,39?/m0/s1. The van der Waals surface area contributed by atoms with Crippen molar-refractivity contribution in [2.75, 3.05) is 32.7 Å². The Bertz CT molecular complexity index is 2260. The van der Waals surface area contributed by atoms with Gasteiger partial charge in [0.25, 0.3) is 12.6 Å². The molecule has 4 fully saturated rings. The van der Waals surface area contributed by atoms with Crippen molar-refractivity contribution in [1.29, 1.82) is 0 Å². The van der Waals surface area contributed by atoms with Crippen LogP contribution in [0.1, 0.15) is 62.0 Å². The van der Waals surface area contributed by atoms with Gasteiger partial charge in [0.05, 0.1) is 26.4 Å². The number of methoxy groups -OCH3 is 1. The van der Waals surface area contributed by atoms with Gasteiger partial charge in [-0.05, 0) is 66.7 Å². The Morgan fingerprint density at radius 3 is 2.34 bits per heavy atom. The molecular formula is C44H54F4N7O7+. The van der Waals surface area contributed by atoms with Gasteiger partial charge in [0, 0.05) is 65.2 Å². The number of fused-ring (bicyclic) bond motifs is 2. The van der Waals surface area contributed by atoms with Crippen LogP contribution in [0.25, 0.3) is 11.1 Å². The minimum Gasteiger partial charge on any atom is -0.496 e. The van der Waals surface area contributed by atoms with E-state index in [0.29, 0.717) is 40.0 Å². The number of hydrogen-bond donors (Lipinski definition) is 5. The molecule has 3 aromatic carbocycles. The second-order valence-electron chi connectivity index (χ2n) is 17.4. The maximum atomic E-state index is 15.0. The zero-order valence-corrected chi connectivity index (χ0v) is 35.7. The van der Waals surface area contributed by atoms with Crippen molar-refractivity contribution >= 4 is 35.8 Å². The zero-order chi connectivity index (χ0) is 45.5. The lowest BCUT2D eigenvalue weighted by Crippen LogP contribution is -2.62. The number of aliphatic hydroxyl groups is 2. The van der Waals surface area contributed by atoms with Gasteiger partial charge in [0.1, 0.15) is 29.1 Å². The number of carbonyl (C=O) groups is 3. The fraction of sp³-hybridized carbons (Fsp3) is 0.500. The van der Waals surface area contributed by atoms with Crippen LogP contribution in [0.5, 0.6) is 5.75 Å². The van der Waals surface area contributed by atoms with E-state index in [1.54, 1.807) is 50.2 Å². The number of hydroxylamine groups is 2. The summed E-state index contributed by atoms with van der Waals surface area (Å²) in [5.74, 6) is -9.15. The number of carbonyl (C=O) groups excluding carboxylic acids is 3. The third-order valence-electron chi connectivity index (χ3n) is 13.3. The monoisotopic (exact) mass is 868 g/mol. The van der Waals surface area contributed by atoms with Gasteiger partial charge < -0.3 is 36.2 Å². The summed E-state index contributed by atoms with van der Waals surface area (Å²) in [6, 6.07) is 7.10. The van der Waals surface area contributed by atoms with Crippen molar-refractivity contribution in [3.05, 3.63) is 76.4 Å². The SMILES string of the molecule is C=[N+]=Nc1c(F)c(F)c(C[C@H](NC(=O)c2cc(-c3cccc(CN4O[C@@H](CO)[C@@H]([C@H](C)O)C4C(=O)N[C@H]4C[C@H]5C[C@@H]([C@@H]4C)C5(C)C)c3OC)cc(N(C)C)c2)C(N)=O)c(F)c1F. The van der Waals surface area contributed by atoms with Crippen LogP contribution in [0, 0.1) is 52.4 Å². The van der Waals surface area contributed by atoms with Crippen LogP contribution in [0.15, 0.2) is 41.5 Å². The molecule has 14 nitrogen and oxygen atoms in total. The van der Waals surface area contributed by atoms with Crippen molar-refractivity contribution in [2.45, 2.75) is 83.8 Å². The maximum Gasteiger partial charge on any atom is 0.296 e. The number of hydrogen-bond acceptors (Lipinski definition) is 10. The summed E-state index contributed by atoms with van der Waals surface area (Å²) in [6.45, 7) is 10.7. The number of para-hydroxylation sites is 1. The molecule has 4 aliphatic rings. The van der Waals surface area contributed by atoms with Crippen molar-refractivity contribution in [1.82, 2.24) is 15.7 Å². The normalized spacial score (nSPS) is 24.9. The summed E-state index contributed by atoms with van der Waals surface area (Å²) < 4.78 is 65.2. The van der Waals surface area contributed by atoms with Crippen LogP contribution in [0.2, 0.25) is 0 Å². The Labute approximate surface area is 357 Å². The average Bonchev–Trinajstić information content (AvgIpc) is 3.61. The molecule has 3 aliphatic carbocycles. The molecule has 62 heavy (non-hydrogen) atoms. The molecule has 0 radical (unpaired) electrons. The predicted molar refractivity (Wildman–Crippen MR) is 220 cm³/mol. The molecule has 3 aromatic rings. The molecular weight excluding hydrogens is 815 g/mol. The number of anilines is 1. The van der Waals surface area contributed by atoms with Crippen molar-refractivity contribution in [2.24, 2.45) is 39.9 Å². The van der Waals surface area contributed by atoms with E-state index in [0.717, 1.165) is 12.8 Å². The number of rotatable bonds is 15. The summed E-state index contributed by atoms with van der Waals surface area (Å²) in [6.07, 6.45) is -0.970. The first-order valence-electron chi connectivity index (χ1n) is 20.4. The number of aliphatic hydroxyl groups excluding tert-OH is 2. The molecule has 0 aromatic heterocycles. The first-order valence-corrected chi connectivity index (χ1v) is 20.4. The highest BCUT2D eigenvalue weighted by atomic mass is 19.2. The highest BCUT2D eigenvalue weighted by Gasteiger charge is 2.57.